The first kappa shape index (κ1) is 18.4. The lowest BCUT2D eigenvalue weighted by Gasteiger charge is -2.17. The van der Waals surface area contributed by atoms with E-state index in [1.54, 1.807) is 6.07 Å². The molecule has 0 spiro atoms. The van der Waals surface area contributed by atoms with Gasteiger partial charge in [-0.3, -0.25) is 0 Å². The first-order chi connectivity index (χ1) is 12.5. The second-order valence-electron chi connectivity index (χ2n) is 6.74. The van der Waals surface area contributed by atoms with E-state index in [4.69, 9.17) is 4.74 Å². The lowest BCUT2D eigenvalue weighted by atomic mass is 10.0. The van der Waals surface area contributed by atoms with E-state index < -0.39 is 5.97 Å². The standard InChI is InChI=1S/C21H24FNO3/c1-13-8-15(9-14(2)21(13)26-12-20(24)25-3)11-23-19-7-4-16-10-17(22)5-6-18(16)19/h5-6,8-10,19,23H,4,7,11-12H2,1-3H3. The topological polar surface area (TPSA) is 47.6 Å². The molecular weight excluding hydrogens is 333 g/mol. The Hall–Kier alpha value is -2.40. The number of aryl methyl sites for hydroxylation is 3. The van der Waals surface area contributed by atoms with Crippen molar-refractivity contribution >= 4 is 5.97 Å². The van der Waals surface area contributed by atoms with Gasteiger partial charge < -0.3 is 14.8 Å². The fourth-order valence-electron chi connectivity index (χ4n) is 3.60. The molecule has 0 saturated heterocycles. The maximum absolute atomic E-state index is 13.3. The number of fused-ring (bicyclic) bond motifs is 1. The van der Waals surface area contributed by atoms with Gasteiger partial charge in [-0.2, -0.15) is 0 Å². The summed E-state index contributed by atoms with van der Waals surface area (Å²) in [6.45, 7) is 4.57. The number of ether oxygens (including phenoxy) is 2. The molecule has 0 fully saturated rings. The first-order valence-electron chi connectivity index (χ1n) is 8.79. The second kappa shape index (κ2) is 7.87. The van der Waals surface area contributed by atoms with Crippen molar-refractivity contribution in [3.8, 4) is 5.75 Å². The molecule has 0 heterocycles. The summed E-state index contributed by atoms with van der Waals surface area (Å²) in [5.41, 5.74) is 5.42. The van der Waals surface area contributed by atoms with Crippen molar-refractivity contribution in [2.75, 3.05) is 13.7 Å². The molecule has 0 aromatic heterocycles. The highest BCUT2D eigenvalue weighted by Gasteiger charge is 2.22. The Balaban J connectivity index is 1.65. The monoisotopic (exact) mass is 357 g/mol. The minimum absolute atomic E-state index is 0.0921. The number of nitrogens with one attached hydrogen (secondary N) is 1. The largest absolute Gasteiger partial charge is 0.481 e. The van der Waals surface area contributed by atoms with Gasteiger partial charge in [-0.15, -0.1) is 0 Å². The summed E-state index contributed by atoms with van der Waals surface area (Å²) in [7, 11) is 1.34. The zero-order valence-corrected chi connectivity index (χ0v) is 15.4. The van der Waals surface area contributed by atoms with Gasteiger partial charge in [0, 0.05) is 12.6 Å². The van der Waals surface area contributed by atoms with Gasteiger partial charge in [0.25, 0.3) is 0 Å². The van der Waals surface area contributed by atoms with Crippen LogP contribution in [0.25, 0.3) is 0 Å². The highest BCUT2D eigenvalue weighted by atomic mass is 19.1. The Bertz CT molecular complexity index is 796. The molecule has 138 valence electrons. The second-order valence-corrected chi connectivity index (χ2v) is 6.74. The van der Waals surface area contributed by atoms with Crippen LogP contribution in [0, 0.1) is 19.7 Å². The molecule has 2 aromatic carbocycles. The molecule has 1 aliphatic rings. The molecule has 0 bridgehead atoms. The predicted molar refractivity (Wildman–Crippen MR) is 97.7 cm³/mol. The van der Waals surface area contributed by atoms with Gasteiger partial charge in [0.15, 0.2) is 6.61 Å². The summed E-state index contributed by atoms with van der Waals surface area (Å²) in [5.74, 6) is 0.157. The van der Waals surface area contributed by atoms with Crippen LogP contribution in [0.15, 0.2) is 30.3 Å². The Morgan fingerprint density at radius 1 is 1.23 bits per heavy atom. The molecule has 0 amide bonds. The molecule has 4 nitrogen and oxygen atoms in total. The number of hydrogen-bond acceptors (Lipinski definition) is 4. The number of halogens is 1. The van der Waals surface area contributed by atoms with Gasteiger partial charge >= 0.3 is 5.97 Å². The maximum Gasteiger partial charge on any atom is 0.343 e. The van der Waals surface area contributed by atoms with E-state index in [9.17, 15) is 9.18 Å². The smallest absolute Gasteiger partial charge is 0.343 e. The minimum atomic E-state index is -0.397. The molecule has 2 aromatic rings. The molecule has 0 saturated carbocycles. The summed E-state index contributed by atoms with van der Waals surface area (Å²) in [6.07, 6.45) is 1.89. The number of rotatable bonds is 6. The van der Waals surface area contributed by atoms with E-state index in [2.05, 4.69) is 22.2 Å². The summed E-state index contributed by atoms with van der Waals surface area (Å²) >= 11 is 0. The molecule has 0 radical (unpaired) electrons. The van der Waals surface area contributed by atoms with Crippen LogP contribution in [0.5, 0.6) is 5.75 Å². The van der Waals surface area contributed by atoms with Crippen LogP contribution in [-0.4, -0.2) is 19.7 Å². The number of methoxy groups -OCH3 is 1. The SMILES string of the molecule is COC(=O)COc1c(C)cc(CNC2CCc3cc(F)ccc32)cc1C. The lowest BCUT2D eigenvalue weighted by Crippen LogP contribution is -2.19. The van der Waals surface area contributed by atoms with Gasteiger partial charge in [0.05, 0.1) is 7.11 Å². The van der Waals surface area contributed by atoms with Crippen molar-refractivity contribution in [1.82, 2.24) is 5.32 Å². The minimum Gasteiger partial charge on any atom is -0.481 e. The zero-order chi connectivity index (χ0) is 18.7. The van der Waals surface area contributed by atoms with Crippen LogP contribution < -0.4 is 10.1 Å². The Labute approximate surface area is 153 Å². The van der Waals surface area contributed by atoms with Gasteiger partial charge in [0.1, 0.15) is 11.6 Å². The van der Waals surface area contributed by atoms with E-state index >= 15 is 0 Å². The Kier molecular flexibility index (Phi) is 5.57. The van der Waals surface area contributed by atoms with Crippen LogP contribution in [0.3, 0.4) is 0 Å². The first-order valence-corrected chi connectivity index (χ1v) is 8.79. The van der Waals surface area contributed by atoms with E-state index in [0.717, 1.165) is 47.4 Å². The third kappa shape index (κ3) is 4.05. The third-order valence-electron chi connectivity index (χ3n) is 4.82. The molecular formula is C21H24FNO3. The maximum atomic E-state index is 13.3. The highest BCUT2D eigenvalue weighted by molar-refractivity contribution is 5.71. The Morgan fingerprint density at radius 2 is 1.96 bits per heavy atom. The number of carbonyl (C=O) groups is 1. The molecule has 1 N–H and O–H groups in total. The number of hydrogen-bond donors (Lipinski definition) is 1. The van der Waals surface area contributed by atoms with Crippen molar-refractivity contribution in [2.45, 2.75) is 39.3 Å². The third-order valence-corrected chi connectivity index (χ3v) is 4.82. The molecule has 5 heteroatoms. The summed E-state index contributed by atoms with van der Waals surface area (Å²) in [4.78, 5) is 11.3. The molecule has 26 heavy (non-hydrogen) atoms. The number of benzene rings is 2. The van der Waals surface area contributed by atoms with E-state index in [1.165, 1.54) is 18.7 Å². The zero-order valence-electron chi connectivity index (χ0n) is 15.4. The van der Waals surface area contributed by atoms with E-state index in [1.807, 2.05) is 19.9 Å². The van der Waals surface area contributed by atoms with Gasteiger partial charge in [-0.05, 0) is 66.6 Å². The van der Waals surface area contributed by atoms with Crippen LogP contribution in [0.1, 0.15) is 40.3 Å². The highest BCUT2D eigenvalue weighted by Crippen LogP contribution is 2.32. The van der Waals surface area contributed by atoms with Crippen molar-refractivity contribution in [2.24, 2.45) is 0 Å². The summed E-state index contributed by atoms with van der Waals surface area (Å²) < 4.78 is 23.5. The average Bonchev–Trinajstić information content (AvgIpc) is 3.01. The fourth-order valence-corrected chi connectivity index (χ4v) is 3.60. The van der Waals surface area contributed by atoms with Gasteiger partial charge in [0.2, 0.25) is 0 Å². The van der Waals surface area contributed by atoms with E-state index in [0.29, 0.717) is 0 Å². The average molecular weight is 357 g/mol. The quantitative estimate of drug-likeness (QED) is 0.800. The van der Waals surface area contributed by atoms with Crippen molar-refractivity contribution in [3.05, 3.63) is 64.0 Å². The molecule has 1 unspecified atom stereocenters. The van der Waals surface area contributed by atoms with Crippen molar-refractivity contribution in [1.29, 1.82) is 0 Å². The van der Waals surface area contributed by atoms with Crippen molar-refractivity contribution in [3.63, 3.8) is 0 Å². The van der Waals surface area contributed by atoms with Gasteiger partial charge in [-0.25, -0.2) is 9.18 Å². The van der Waals surface area contributed by atoms with Crippen LogP contribution >= 0.6 is 0 Å². The summed E-state index contributed by atoms with van der Waals surface area (Å²) in [6, 6.07) is 9.43. The fraction of sp³-hybridized carbons (Fsp3) is 0.381. The summed E-state index contributed by atoms with van der Waals surface area (Å²) in [5, 5.41) is 3.57. The van der Waals surface area contributed by atoms with Gasteiger partial charge in [-0.1, -0.05) is 18.2 Å². The van der Waals surface area contributed by atoms with Crippen LogP contribution in [0.2, 0.25) is 0 Å². The van der Waals surface area contributed by atoms with E-state index in [-0.39, 0.29) is 18.5 Å². The lowest BCUT2D eigenvalue weighted by molar-refractivity contribution is -0.142. The van der Waals surface area contributed by atoms with Crippen LogP contribution in [0.4, 0.5) is 4.39 Å². The number of carbonyl (C=O) groups excluding carboxylic acids is 1. The molecule has 0 aliphatic heterocycles. The Morgan fingerprint density at radius 3 is 2.65 bits per heavy atom. The number of esters is 1. The molecule has 1 aliphatic carbocycles. The predicted octanol–water partition coefficient (Wildman–Crippen LogP) is 3.77. The van der Waals surface area contributed by atoms with Crippen molar-refractivity contribution < 1.29 is 18.7 Å². The molecule has 3 rings (SSSR count). The van der Waals surface area contributed by atoms with Crippen LogP contribution in [-0.2, 0) is 22.5 Å². The molecule has 1 atom stereocenters. The normalized spacial score (nSPS) is 15.6.